The molecule has 7 heteroatoms. The van der Waals surface area contributed by atoms with Crippen molar-refractivity contribution in [2.24, 2.45) is 7.05 Å². The normalized spacial score (nSPS) is 11.0. The molecule has 3 heterocycles. The third-order valence-electron chi connectivity index (χ3n) is 3.68. The maximum atomic E-state index is 9.07. The van der Waals surface area contributed by atoms with Crippen LogP contribution in [0.25, 0.3) is 32.0 Å². The molecule has 0 saturated carbocycles. The lowest BCUT2D eigenvalue weighted by molar-refractivity contribution is 0.949. The van der Waals surface area contributed by atoms with Crippen molar-refractivity contribution in [1.29, 1.82) is 5.26 Å². The zero-order valence-corrected chi connectivity index (χ0v) is 13.3. The number of nitrogens with zero attached hydrogens (tertiary/aromatic N) is 5. The molecule has 0 aliphatic rings. The average molecular weight is 320 g/mol. The SMILES string of the molecule is CNc1nc2sc(-c3cccc(C#N)c3)nc2c2c1ncn2C. The van der Waals surface area contributed by atoms with E-state index in [2.05, 4.69) is 21.4 Å². The number of hydrogen-bond acceptors (Lipinski definition) is 6. The van der Waals surface area contributed by atoms with Gasteiger partial charge in [0.1, 0.15) is 26.4 Å². The summed E-state index contributed by atoms with van der Waals surface area (Å²) >= 11 is 1.51. The number of thiazole rings is 1. The molecule has 0 spiro atoms. The minimum atomic E-state index is 0.622. The summed E-state index contributed by atoms with van der Waals surface area (Å²) < 4.78 is 1.95. The van der Waals surface area contributed by atoms with Gasteiger partial charge in [-0.2, -0.15) is 5.26 Å². The Morgan fingerprint density at radius 2 is 2.13 bits per heavy atom. The van der Waals surface area contributed by atoms with Crippen LogP contribution in [0.2, 0.25) is 0 Å². The van der Waals surface area contributed by atoms with Crippen molar-refractivity contribution in [2.75, 3.05) is 12.4 Å². The van der Waals surface area contributed by atoms with Crippen LogP contribution in [0.4, 0.5) is 5.82 Å². The second-order valence-corrected chi connectivity index (χ2v) is 6.11. The highest BCUT2D eigenvalue weighted by atomic mass is 32.1. The summed E-state index contributed by atoms with van der Waals surface area (Å²) in [6.45, 7) is 0. The number of anilines is 1. The van der Waals surface area contributed by atoms with E-state index in [0.29, 0.717) is 5.56 Å². The predicted molar refractivity (Wildman–Crippen MR) is 91.4 cm³/mol. The largest absolute Gasteiger partial charge is 0.371 e. The zero-order chi connectivity index (χ0) is 16.0. The highest BCUT2D eigenvalue weighted by Crippen LogP contribution is 2.35. The molecule has 0 unspecified atom stereocenters. The molecule has 0 aliphatic carbocycles. The van der Waals surface area contributed by atoms with E-state index in [1.165, 1.54) is 11.3 Å². The van der Waals surface area contributed by atoms with Gasteiger partial charge in [-0.1, -0.05) is 23.5 Å². The minimum Gasteiger partial charge on any atom is -0.371 e. The fourth-order valence-corrected chi connectivity index (χ4v) is 3.54. The molecule has 0 aliphatic heterocycles. The molecule has 1 aromatic carbocycles. The summed E-state index contributed by atoms with van der Waals surface area (Å²) in [6, 6.07) is 9.61. The molecule has 1 N–H and O–H groups in total. The first-order chi connectivity index (χ1) is 11.2. The fourth-order valence-electron chi connectivity index (χ4n) is 2.60. The number of fused-ring (bicyclic) bond motifs is 3. The van der Waals surface area contributed by atoms with Gasteiger partial charge in [-0.05, 0) is 12.1 Å². The van der Waals surface area contributed by atoms with E-state index in [-0.39, 0.29) is 0 Å². The summed E-state index contributed by atoms with van der Waals surface area (Å²) in [4.78, 5) is 14.6. The Bertz CT molecular complexity index is 1090. The number of rotatable bonds is 2. The quantitative estimate of drug-likeness (QED) is 0.614. The lowest BCUT2D eigenvalue weighted by Gasteiger charge is -2.01. The number of imidazole rings is 1. The van der Waals surface area contributed by atoms with Gasteiger partial charge in [0.2, 0.25) is 0 Å². The number of hydrogen-bond donors (Lipinski definition) is 1. The van der Waals surface area contributed by atoms with Gasteiger partial charge in [-0.15, -0.1) is 0 Å². The van der Waals surface area contributed by atoms with Gasteiger partial charge in [0.15, 0.2) is 5.82 Å². The van der Waals surface area contributed by atoms with E-state index in [1.807, 2.05) is 36.9 Å². The van der Waals surface area contributed by atoms with Crippen molar-refractivity contribution in [3.63, 3.8) is 0 Å². The molecule has 3 aromatic heterocycles. The maximum absolute atomic E-state index is 9.07. The molecule has 6 nitrogen and oxygen atoms in total. The van der Waals surface area contributed by atoms with Gasteiger partial charge in [0.05, 0.1) is 18.0 Å². The van der Waals surface area contributed by atoms with Gasteiger partial charge in [0.25, 0.3) is 0 Å². The van der Waals surface area contributed by atoms with Crippen molar-refractivity contribution in [3.8, 4) is 16.6 Å². The van der Waals surface area contributed by atoms with E-state index < -0.39 is 0 Å². The molecule has 4 aromatic rings. The second kappa shape index (κ2) is 5.04. The molecule has 0 radical (unpaired) electrons. The van der Waals surface area contributed by atoms with Crippen LogP contribution in [0, 0.1) is 11.3 Å². The number of pyridine rings is 1. The van der Waals surface area contributed by atoms with Gasteiger partial charge in [0, 0.05) is 19.7 Å². The summed E-state index contributed by atoms with van der Waals surface area (Å²) in [5.74, 6) is 0.745. The lowest BCUT2D eigenvalue weighted by Crippen LogP contribution is -1.95. The number of nitriles is 1. The average Bonchev–Trinajstić information content (AvgIpc) is 3.17. The first-order valence-electron chi connectivity index (χ1n) is 7.01. The van der Waals surface area contributed by atoms with Gasteiger partial charge >= 0.3 is 0 Å². The number of nitrogens with one attached hydrogen (secondary N) is 1. The van der Waals surface area contributed by atoms with E-state index in [4.69, 9.17) is 10.2 Å². The molecule has 112 valence electrons. The Kier molecular flexibility index (Phi) is 2.99. The van der Waals surface area contributed by atoms with E-state index in [9.17, 15) is 0 Å². The molecule has 23 heavy (non-hydrogen) atoms. The number of benzene rings is 1. The molecule has 0 saturated heterocycles. The van der Waals surface area contributed by atoms with E-state index in [1.54, 1.807) is 12.4 Å². The number of aromatic nitrogens is 4. The minimum absolute atomic E-state index is 0.622. The van der Waals surface area contributed by atoms with Crippen LogP contribution in [0.5, 0.6) is 0 Å². The van der Waals surface area contributed by atoms with Crippen molar-refractivity contribution in [2.45, 2.75) is 0 Å². The molecule has 0 fully saturated rings. The molecule has 0 bridgehead atoms. The first kappa shape index (κ1) is 13.7. The molecular weight excluding hydrogens is 308 g/mol. The van der Waals surface area contributed by atoms with Crippen LogP contribution in [0.15, 0.2) is 30.6 Å². The Morgan fingerprint density at radius 3 is 2.91 bits per heavy atom. The Morgan fingerprint density at radius 1 is 1.26 bits per heavy atom. The molecule has 0 amide bonds. The first-order valence-corrected chi connectivity index (χ1v) is 7.82. The van der Waals surface area contributed by atoms with Gasteiger partial charge < -0.3 is 9.88 Å². The fraction of sp³-hybridized carbons (Fsp3) is 0.125. The Balaban J connectivity index is 2.02. The second-order valence-electron chi connectivity index (χ2n) is 5.13. The maximum Gasteiger partial charge on any atom is 0.155 e. The summed E-state index contributed by atoms with van der Waals surface area (Å²) in [5, 5.41) is 13.0. The summed E-state index contributed by atoms with van der Waals surface area (Å²) in [5.41, 5.74) is 4.15. The van der Waals surface area contributed by atoms with Crippen LogP contribution in [0.3, 0.4) is 0 Å². The molecular formula is C16H12N6S. The highest BCUT2D eigenvalue weighted by Gasteiger charge is 2.17. The monoisotopic (exact) mass is 320 g/mol. The molecule has 0 atom stereocenters. The van der Waals surface area contributed by atoms with Crippen molar-refractivity contribution >= 4 is 38.5 Å². The van der Waals surface area contributed by atoms with Crippen molar-refractivity contribution < 1.29 is 0 Å². The van der Waals surface area contributed by atoms with Crippen LogP contribution >= 0.6 is 11.3 Å². The summed E-state index contributed by atoms with van der Waals surface area (Å²) in [7, 11) is 3.78. The van der Waals surface area contributed by atoms with Crippen LogP contribution in [-0.4, -0.2) is 26.6 Å². The highest BCUT2D eigenvalue weighted by molar-refractivity contribution is 7.21. The van der Waals surface area contributed by atoms with E-state index >= 15 is 0 Å². The van der Waals surface area contributed by atoms with Crippen molar-refractivity contribution in [3.05, 3.63) is 36.2 Å². The van der Waals surface area contributed by atoms with Crippen LogP contribution in [0.1, 0.15) is 5.56 Å². The standard InChI is InChI=1S/C16H12N6S/c1-18-14-11-13(22(2)8-19-11)12-16(21-14)23-15(20-12)10-5-3-4-9(6-10)7-17/h3-6,8H,1-2H3,(H,18,21). The third-order valence-corrected chi connectivity index (χ3v) is 4.68. The molecule has 4 rings (SSSR count). The third kappa shape index (κ3) is 2.04. The summed E-state index contributed by atoms with van der Waals surface area (Å²) in [6.07, 6.45) is 1.77. The predicted octanol–water partition coefficient (Wildman–Crippen LogP) is 3.16. The smallest absolute Gasteiger partial charge is 0.155 e. The Hall–Kier alpha value is -2.98. The van der Waals surface area contributed by atoms with Gasteiger partial charge in [-0.25, -0.2) is 15.0 Å². The van der Waals surface area contributed by atoms with Crippen LogP contribution < -0.4 is 5.32 Å². The number of aryl methyl sites for hydroxylation is 1. The van der Waals surface area contributed by atoms with Crippen LogP contribution in [-0.2, 0) is 7.05 Å². The lowest BCUT2D eigenvalue weighted by atomic mass is 10.1. The van der Waals surface area contributed by atoms with Gasteiger partial charge in [-0.3, -0.25) is 0 Å². The zero-order valence-electron chi connectivity index (χ0n) is 12.5. The van der Waals surface area contributed by atoms with Crippen molar-refractivity contribution in [1.82, 2.24) is 19.5 Å². The topological polar surface area (TPSA) is 79.4 Å². The Labute approximate surface area is 136 Å². The van der Waals surface area contributed by atoms with E-state index in [0.717, 1.165) is 37.8 Å².